The van der Waals surface area contributed by atoms with Crippen LogP contribution < -0.4 is 10.1 Å². The predicted molar refractivity (Wildman–Crippen MR) is 67.6 cm³/mol. The molecule has 0 saturated heterocycles. The van der Waals surface area contributed by atoms with E-state index in [4.69, 9.17) is 9.26 Å². The van der Waals surface area contributed by atoms with E-state index < -0.39 is 0 Å². The van der Waals surface area contributed by atoms with E-state index in [1.807, 2.05) is 38.2 Å². The lowest BCUT2D eigenvalue weighted by Crippen LogP contribution is -2.12. The van der Waals surface area contributed by atoms with Crippen LogP contribution in [0, 0.1) is 0 Å². The number of ether oxygens (including phenoxy) is 1. The van der Waals surface area contributed by atoms with Crippen LogP contribution in [0.4, 0.5) is 0 Å². The summed E-state index contributed by atoms with van der Waals surface area (Å²) in [5.41, 5.74) is 1.13. The van der Waals surface area contributed by atoms with E-state index >= 15 is 0 Å². The molecule has 5 heteroatoms. The van der Waals surface area contributed by atoms with E-state index in [1.54, 1.807) is 7.11 Å². The van der Waals surface area contributed by atoms with Crippen molar-refractivity contribution >= 4 is 0 Å². The third-order valence-electron chi connectivity index (χ3n) is 2.81. The number of hydrogen-bond donors (Lipinski definition) is 1. The largest absolute Gasteiger partial charge is 0.497 e. The summed E-state index contributed by atoms with van der Waals surface area (Å²) >= 11 is 0. The Hall–Kier alpha value is -1.88. The number of aromatic nitrogens is 2. The van der Waals surface area contributed by atoms with Crippen molar-refractivity contribution in [2.24, 2.45) is 0 Å². The molecule has 96 valence electrons. The molecule has 0 amide bonds. The Balaban J connectivity index is 2.06. The maximum atomic E-state index is 5.19. The van der Waals surface area contributed by atoms with Gasteiger partial charge in [0.25, 0.3) is 0 Å². The summed E-state index contributed by atoms with van der Waals surface area (Å²) in [5.74, 6) is 2.15. The number of methoxy groups -OCH3 is 1. The lowest BCUT2D eigenvalue weighted by molar-refractivity contribution is 0.344. The Bertz CT molecular complexity index is 493. The Kier molecular flexibility index (Phi) is 3.94. The first-order valence-electron chi connectivity index (χ1n) is 5.85. The Labute approximate surface area is 106 Å². The van der Waals surface area contributed by atoms with E-state index in [1.165, 1.54) is 0 Å². The zero-order valence-electron chi connectivity index (χ0n) is 10.8. The molecule has 1 aromatic heterocycles. The van der Waals surface area contributed by atoms with Crippen molar-refractivity contribution in [1.82, 2.24) is 15.5 Å². The van der Waals surface area contributed by atoms with Crippen LogP contribution in [0.2, 0.25) is 0 Å². The summed E-state index contributed by atoms with van der Waals surface area (Å²) in [6, 6.07) is 7.91. The summed E-state index contributed by atoms with van der Waals surface area (Å²) < 4.78 is 10.3. The molecule has 0 spiro atoms. The molecule has 18 heavy (non-hydrogen) atoms. The highest BCUT2D eigenvalue weighted by atomic mass is 16.5. The van der Waals surface area contributed by atoms with Crippen molar-refractivity contribution in [2.45, 2.75) is 19.4 Å². The van der Waals surface area contributed by atoms with Crippen molar-refractivity contribution in [3.63, 3.8) is 0 Å². The molecule has 1 N–H and O–H groups in total. The molecule has 0 fully saturated rings. The van der Waals surface area contributed by atoms with Gasteiger partial charge in [-0.1, -0.05) is 17.3 Å². The molecule has 0 aliphatic carbocycles. The van der Waals surface area contributed by atoms with E-state index in [2.05, 4.69) is 15.5 Å². The minimum atomic E-state index is 0.0714. The fourth-order valence-corrected chi connectivity index (χ4v) is 1.56. The van der Waals surface area contributed by atoms with Crippen LogP contribution in [-0.4, -0.2) is 24.3 Å². The Morgan fingerprint density at radius 1 is 1.33 bits per heavy atom. The van der Waals surface area contributed by atoms with Crippen molar-refractivity contribution in [1.29, 1.82) is 0 Å². The number of hydrogen-bond acceptors (Lipinski definition) is 5. The average Bonchev–Trinajstić information content (AvgIpc) is 2.87. The molecule has 0 radical (unpaired) electrons. The summed E-state index contributed by atoms with van der Waals surface area (Å²) in [6.45, 7) is 1.98. The van der Waals surface area contributed by atoms with Gasteiger partial charge in [0.15, 0.2) is 5.82 Å². The molecule has 2 aromatic rings. The van der Waals surface area contributed by atoms with Gasteiger partial charge in [0.1, 0.15) is 5.75 Å². The van der Waals surface area contributed by atoms with Crippen LogP contribution in [0.1, 0.15) is 30.2 Å². The number of nitrogens with one attached hydrogen (secondary N) is 1. The standard InChI is InChI=1S/C13H17N3O2/c1-9(14-2)13-15-12(16-18-13)8-10-4-6-11(17-3)7-5-10/h4-7,9,14H,8H2,1-3H3. The summed E-state index contributed by atoms with van der Waals surface area (Å²) in [6.07, 6.45) is 0.657. The normalized spacial score (nSPS) is 12.4. The third-order valence-corrected chi connectivity index (χ3v) is 2.81. The van der Waals surface area contributed by atoms with Crippen molar-refractivity contribution in [2.75, 3.05) is 14.2 Å². The van der Waals surface area contributed by atoms with Gasteiger partial charge in [-0.2, -0.15) is 4.98 Å². The van der Waals surface area contributed by atoms with E-state index in [0.29, 0.717) is 18.1 Å². The smallest absolute Gasteiger partial charge is 0.243 e. The second-order valence-electron chi connectivity index (χ2n) is 4.08. The second-order valence-corrected chi connectivity index (χ2v) is 4.08. The Morgan fingerprint density at radius 3 is 2.67 bits per heavy atom. The molecule has 0 aliphatic heterocycles. The van der Waals surface area contributed by atoms with Crippen molar-refractivity contribution in [3.05, 3.63) is 41.5 Å². The Morgan fingerprint density at radius 2 is 2.06 bits per heavy atom. The summed E-state index contributed by atoms with van der Waals surface area (Å²) in [4.78, 5) is 4.35. The van der Waals surface area contributed by atoms with Crippen LogP contribution in [-0.2, 0) is 6.42 Å². The van der Waals surface area contributed by atoms with Gasteiger partial charge in [0.05, 0.1) is 13.2 Å². The lowest BCUT2D eigenvalue weighted by atomic mass is 10.1. The monoisotopic (exact) mass is 247 g/mol. The molecular weight excluding hydrogens is 230 g/mol. The zero-order valence-corrected chi connectivity index (χ0v) is 10.8. The first-order chi connectivity index (χ1) is 8.72. The van der Waals surface area contributed by atoms with Crippen LogP contribution >= 0.6 is 0 Å². The number of rotatable bonds is 5. The number of nitrogens with zero attached hydrogens (tertiary/aromatic N) is 2. The maximum Gasteiger partial charge on any atom is 0.243 e. The van der Waals surface area contributed by atoms with Crippen LogP contribution in [0.25, 0.3) is 0 Å². The highest BCUT2D eigenvalue weighted by Crippen LogP contribution is 2.15. The van der Waals surface area contributed by atoms with E-state index in [0.717, 1.165) is 11.3 Å². The van der Waals surface area contributed by atoms with Gasteiger partial charge in [-0.15, -0.1) is 0 Å². The molecular formula is C13H17N3O2. The SMILES string of the molecule is CNC(C)c1nc(Cc2ccc(OC)cc2)no1. The van der Waals surface area contributed by atoms with Gasteiger partial charge >= 0.3 is 0 Å². The van der Waals surface area contributed by atoms with Crippen LogP contribution in [0.5, 0.6) is 5.75 Å². The maximum absolute atomic E-state index is 5.19. The fraction of sp³-hybridized carbons (Fsp3) is 0.385. The van der Waals surface area contributed by atoms with Gasteiger partial charge in [-0.25, -0.2) is 0 Å². The first kappa shape index (κ1) is 12.6. The number of benzene rings is 1. The van der Waals surface area contributed by atoms with E-state index in [9.17, 15) is 0 Å². The average molecular weight is 247 g/mol. The molecule has 5 nitrogen and oxygen atoms in total. The first-order valence-corrected chi connectivity index (χ1v) is 5.85. The molecule has 0 bridgehead atoms. The minimum absolute atomic E-state index is 0.0714. The van der Waals surface area contributed by atoms with Gasteiger partial charge in [-0.05, 0) is 31.7 Å². The summed E-state index contributed by atoms with van der Waals surface area (Å²) in [7, 11) is 3.51. The highest BCUT2D eigenvalue weighted by Gasteiger charge is 2.12. The zero-order chi connectivity index (χ0) is 13.0. The van der Waals surface area contributed by atoms with E-state index in [-0.39, 0.29) is 6.04 Å². The molecule has 1 atom stereocenters. The second kappa shape index (κ2) is 5.64. The van der Waals surface area contributed by atoms with Crippen molar-refractivity contribution in [3.8, 4) is 5.75 Å². The van der Waals surface area contributed by atoms with Gasteiger partial charge in [-0.3, -0.25) is 0 Å². The molecule has 0 aliphatic rings. The van der Waals surface area contributed by atoms with Gasteiger partial charge in [0.2, 0.25) is 5.89 Å². The summed E-state index contributed by atoms with van der Waals surface area (Å²) in [5, 5.41) is 7.03. The van der Waals surface area contributed by atoms with Crippen LogP contribution in [0.3, 0.4) is 0 Å². The molecule has 0 saturated carbocycles. The van der Waals surface area contributed by atoms with Crippen molar-refractivity contribution < 1.29 is 9.26 Å². The van der Waals surface area contributed by atoms with Gasteiger partial charge in [0, 0.05) is 6.42 Å². The predicted octanol–water partition coefficient (Wildman–Crippen LogP) is 1.95. The van der Waals surface area contributed by atoms with Gasteiger partial charge < -0.3 is 14.6 Å². The fourth-order valence-electron chi connectivity index (χ4n) is 1.56. The highest BCUT2D eigenvalue weighted by molar-refractivity contribution is 5.28. The topological polar surface area (TPSA) is 60.2 Å². The molecule has 1 aromatic carbocycles. The minimum Gasteiger partial charge on any atom is -0.497 e. The molecule has 1 unspecified atom stereocenters. The quantitative estimate of drug-likeness (QED) is 0.875. The lowest BCUT2D eigenvalue weighted by Gasteiger charge is -2.02. The molecule has 2 rings (SSSR count). The molecule has 1 heterocycles. The third kappa shape index (κ3) is 2.87. The van der Waals surface area contributed by atoms with Crippen LogP contribution in [0.15, 0.2) is 28.8 Å².